The lowest BCUT2D eigenvalue weighted by atomic mass is 9.78. The molecule has 0 nitrogen and oxygen atoms in total. The maximum Gasteiger partial charge on any atom is 0.416 e. The summed E-state index contributed by atoms with van der Waals surface area (Å²) in [7, 11) is 0. The van der Waals surface area contributed by atoms with Crippen LogP contribution >= 0.6 is 0 Å². The molecule has 1 saturated carbocycles. The van der Waals surface area contributed by atoms with Gasteiger partial charge in [-0.15, -0.1) is 0 Å². The fourth-order valence-electron chi connectivity index (χ4n) is 2.94. The first-order valence-corrected chi connectivity index (χ1v) is 7.40. The number of hydrogen-bond donors (Lipinski definition) is 0. The van der Waals surface area contributed by atoms with Crippen LogP contribution in [0.25, 0.3) is 0 Å². The van der Waals surface area contributed by atoms with Crippen molar-refractivity contribution in [3.63, 3.8) is 0 Å². The quantitative estimate of drug-likeness (QED) is 0.480. The van der Waals surface area contributed by atoms with E-state index in [2.05, 4.69) is 6.08 Å². The second-order valence-electron chi connectivity index (χ2n) is 5.64. The first-order chi connectivity index (χ1) is 10.0. The minimum Gasteiger partial charge on any atom is -0.251 e. The third-order valence-electron chi connectivity index (χ3n) is 4.17. The average molecular weight is 300 g/mol. The Morgan fingerprint density at radius 2 is 1.62 bits per heavy atom. The molecule has 1 fully saturated rings. The fraction of sp³-hybridized carbons (Fsp3) is 0.529. The van der Waals surface area contributed by atoms with Crippen LogP contribution in [0.1, 0.15) is 49.1 Å². The van der Waals surface area contributed by atoms with Crippen LogP contribution < -0.4 is 0 Å². The monoisotopic (exact) mass is 300 g/mol. The van der Waals surface area contributed by atoms with Crippen LogP contribution in [0, 0.1) is 5.92 Å². The van der Waals surface area contributed by atoms with Crippen molar-refractivity contribution in [2.45, 2.75) is 44.2 Å². The van der Waals surface area contributed by atoms with Crippen LogP contribution in [0.15, 0.2) is 36.4 Å². The fourth-order valence-corrected chi connectivity index (χ4v) is 2.94. The number of rotatable bonds is 4. The average Bonchev–Trinajstić information content (AvgIpc) is 2.48. The van der Waals surface area contributed by atoms with Crippen LogP contribution in [-0.4, -0.2) is 6.67 Å². The zero-order valence-electron chi connectivity index (χ0n) is 11.9. The molecule has 21 heavy (non-hydrogen) atoms. The molecule has 0 amide bonds. The maximum absolute atomic E-state index is 12.5. The maximum atomic E-state index is 12.5. The Morgan fingerprint density at radius 3 is 2.14 bits per heavy atom. The van der Waals surface area contributed by atoms with Crippen molar-refractivity contribution in [1.82, 2.24) is 0 Å². The Bertz CT molecular complexity index is 451. The molecule has 1 aliphatic carbocycles. The van der Waals surface area contributed by atoms with Gasteiger partial charge in [-0.25, -0.2) is 0 Å². The first kappa shape index (κ1) is 16.1. The molecule has 0 radical (unpaired) electrons. The minimum absolute atomic E-state index is 0.322. The van der Waals surface area contributed by atoms with E-state index in [1.54, 1.807) is 12.1 Å². The highest BCUT2D eigenvalue weighted by atomic mass is 19.4. The lowest BCUT2D eigenvalue weighted by molar-refractivity contribution is -0.137. The van der Waals surface area contributed by atoms with Crippen molar-refractivity contribution in [3.8, 4) is 0 Å². The second-order valence-corrected chi connectivity index (χ2v) is 5.64. The van der Waals surface area contributed by atoms with Gasteiger partial charge in [0.2, 0.25) is 0 Å². The molecule has 0 N–H and O–H groups in total. The highest BCUT2D eigenvalue weighted by Gasteiger charge is 2.30. The summed E-state index contributed by atoms with van der Waals surface area (Å²) in [6, 6.07) is 5.55. The van der Waals surface area contributed by atoms with Crippen LogP contribution in [0.2, 0.25) is 0 Å². The van der Waals surface area contributed by atoms with Gasteiger partial charge in [0.25, 0.3) is 0 Å². The Morgan fingerprint density at radius 1 is 1.00 bits per heavy atom. The largest absolute Gasteiger partial charge is 0.416 e. The summed E-state index contributed by atoms with van der Waals surface area (Å²) in [5, 5.41) is 0. The normalized spacial score (nSPS) is 23.6. The topological polar surface area (TPSA) is 0 Å². The van der Waals surface area contributed by atoms with E-state index in [0.29, 0.717) is 18.3 Å². The molecular formula is C17H20F4. The van der Waals surface area contributed by atoms with Crippen LogP contribution in [0.3, 0.4) is 0 Å². The predicted molar refractivity (Wildman–Crippen MR) is 75.9 cm³/mol. The smallest absolute Gasteiger partial charge is 0.251 e. The Balaban J connectivity index is 1.90. The molecule has 0 heterocycles. The standard InChI is InChI=1S/C17H20F4/c18-12-2-1-3-13-4-6-14(7-5-13)15-8-10-16(11-9-15)17(19,20)21/h1,3,8-11,13-14H,2,4-7,12H2/b3-1+. The van der Waals surface area contributed by atoms with E-state index < -0.39 is 11.7 Å². The van der Waals surface area contributed by atoms with Crippen LogP contribution in [0.4, 0.5) is 17.6 Å². The molecule has 0 aliphatic heterocycles. The van der Waals surface area contributed by atoms with Gasteiger partial charge >= 0.3 is 6.18 Å². The van der Waals surface area contributed by atoms with E-state index in [0.717, 1.165) is 31.2 Å². The molecule has 0 spiro atoms. The van der Waals surface area contributed by atoms with E-state index in [-0.39, 0.29) is 6.67 Å². The number of benzene rings is 1. The van der Waals surface area contributed by atoms with Gasteiger partial charge in [0.05, 0.1) is 12.2 Å². The van der Waals surface area contributed by atoms with E-state index >= 15 is 0 Å². The highest BCUT2D eigenvalue weighted by molar-refractivity contribution is 5.27. The molecule has 1 aromatic rings. The molecular weight excluding hydrogens is 280 g/mol. The molecule has 116 valence electrons. The number of hydrogen-bond acceptors (Lipinski definition) is 0. The predicted octanol–water partition coefficient (Wildman–Crippen LogP) is 5.90. The van der Waals surface area contributed by atoms with Crippen molar-refractivity contribution in [1.29, 1.82) is 0 Å². The van der Waals surface area contributed by atoms with E-state index in [1.807, 2.05) is 6.08 Å². The molecule has 0 unspecified atom stereocenters. The molecule has 0 bridgehead atoms. The second kappa shape index (κ2) is 7.10. The summed E-state index contributed by atoms with van der Waals surface area (Å²) in [4.78, 5) is 0. The molecule has 4 heteroatoms. The van der Waals surface area contributed by atoms with Crippen molar-refractivity contribution in [2.24, 2.45) is 5.92 Å². The van der Waals surface area contributed by atoms with E-state index in [9.17, 15) is 17.6 Å². The molecule has 0 atom stereocenters. The Hall–Kier alpha value is -1.32. The lowest BCUT2D eigenvalue weighted by Crippen LogP contribution is -2.12. The molecule has 1 aliphatic rings. The highest BCUT2D eigenvalue weighted by Crippen LogP contribution is 2.37. The van der Waals surface area contributed by atoms with Crippen LogP contribution in [-0.2, 0) is 6.18 Å². The summed E-state index contributed by atoms with van der Waals surface area (Å²) < 4.78 is 49.6. The van der Waals surface area contributed by atoms with Gasteiger partial charge in [-0.1, -0.05) is 24.3 Å². The van der Waals surface area contributed by atoms with Gasteiger partial charge < -0.3 is 0 Å². The van der Waals surface area contributed by atoms with Crippen molar-refractivity contribution in [2.75, 3.05) is 6.67 Å². The first-order valence-electron chi connectivity index (χ1n) is 7.40. The summed E-state index contributed by atoms with van der Waals surface area (Å²) in [5.74, 6) is 0.834. The van der Waals surface area contributed by atoms with Gasteiger partial charge in [0.15, 0.2) is 0 Å². The zero-order valence-corrected chi connectivity index (χ0v) is 11.9. The van der Waals surface area contributed by atoms with Crippen molar-refractivity contribution >= 4 is 0 Å². The van der Waals surface area contributed by atoms with Gasteiger partial charge in [0.1, 0.15) is 0 Å². The summed E-state index contributed by atoms with van der Waals surface area (Å²) in [6.45, 7) is -0.322. The van der Waals surface area contributed by atoms with Crippen LogP contribution in [0.5, 0.6) is 0 Å². The molecule has 0 aromatic heterocycles. The van der Waals surface area contributed by atoms with Crippen molar-refractivity contribution in [3.05, 3.63) is 47.5 Å². The summed E-state index contributed by atoms with van der Waals surface area (Å²) in [6.07, 6.45) is 4.19. The third kappa shape index (κ3) is 4.58. The van der Waals surface area contributed by atoms with E-state index in [4.69, 9.17) is 0 Å². The minimum atomic E-state index is -4.27. The van der Waals surface area contributed by atoms with Gasteiger partial charge in [-0.05, 0) is 61.6 Å². The Kier molecular flexibility index (Phi) is 5.43. The van der Waals surface area contributed by atoms with Gasteiger partial charge in [0, 0.05) is 0 Å². The number of alkyl halides is 4. The summed E-state index contributed by atoms with van der Waals surface area (Å²) >= 11 is 0. The van der Waals surface area contributed by atoms with Crippen molar-refractivity contribution < 1.29 is 17.6 Å². The third-order valence-corrected chi connectivity index (χ3v) is 4.17. The molecule has 2 rings (SSSR count). The van der Waals surface area contributed by atoms with E-state index in [1.165, 1.54) is 12.1 Å². The molecule has 1 aromatic carbocycles. The lowest BCUT2D eigenvalue weighted by Gasteiger charge is -2.27. The zero-order chi connectivity index (χ0) is 15.3. The number of allylic oxidation sites excluding steroid dienone is 2. The molecule has 0 saturated heterocycles. The van der Waals surface area contributed by atoms with Gasteiger partial charge in [-0.2, -0.15) is 13.2 Å². The number of halogens is 4. The SMILES string of the molecule is FCC/C=C/C1CCC(c2ccc(C(F)(F)F)cc2)CC1. The van der Waals surface area contributed by atoms with Gasteiger partial charge in [-0.3, -0.25) is 4.39 Å². The Labute approximate surface area is 122 Å². The summed E-state index contributed by atoms with van der Waals surface area (Å²) in [5.41, 5.74) is 0.406.